The van der Waals surface area contributed by atoms with Gasteiger partial charge in [-0.2, -0.15) is 0 Å². The fourth-order valence-electron chi connectivity index (χ4n) is 2.90. The number of ether oxygens (including phenoxy) is 2. The average Bonchev–Trinajstić information content (AvgIpc) is 2.79. The smallest absolute Gasteiger partial charge is 0.258 e. The van der Waals surface area contributed by atoms with Crippen LogP contribution in [-0.2, 0) is 4.79 Å². The van der Waals surface area contributed by atoms with Gasteiger partial charge in [0.05, 0.1) is 30.7 Å². The Morgan fingerprint density at radius 2 is 1.70 bits per heavy atom. The molecule has 0 fully saturated rings. The number of carbonyl (C=O) groups is 2. The van der Waals surface area contributed by atoms with Gasteiger partial charge in [-0.25, -0.2) is 4.39 Å². The molecule has 0 heterocycles. The number of benzene rings is 3. The molecule has 0 aliphatic rings. The van der Waals surface area contributed by atoms with Crippen molar-refractivity contribution in [2.45, 2.75) is 17.1 Å². The minimum absolute atomic E-state index is 0.166. The van der Waals surface area contributed by atoms with Crippen LogP contribution in [0.5, 0.6) is 11.5 Å². The van der Waals surface area contributed by atoms with Crippen molar-refractivity contribution in [1.82, 2.24) is 0 Å². The first-order valence-corrected chi connectivity index (χ1v) is 11.1. The summed E-state index contributed by atoms with van der Waals surface area (Å²) < 4.78 is 24.5. The van der Waals surface area contributed by atoms with E-state index in [0.717, 1.165) is 16.7 Å². The summed E-state index contributed by atoms with van der Waals surface area (Å²) in [4.78, 5) is 26.2. The monoisotopic (exact) mass is 488 g/mol. The molecule has 33 heavy (non-hydrogen) atoms. The molecule has 3 aromatic carbocycles. The highest BCUT2D eigenvalue weighted by Crippen LogP contribution is 2.30. The zero-order valence-electron chi connectivity index (χ0n) is 18.1. The van der Waals surface area contributed by atoms with E-state index in [0.29, 0.717) is 11.4 Å². The van der Waals surface area contributed by atoms with E-state index >= 15 is 0 Å². The largest absolute Gasteiger partial charge is 0.497 e. The van der Waals surface area contributed by atoms with Crippen LogP contribution in [0.3, 0.4) is 0 Å². The van der Waals surface area contributed by atoms with Crippen LogP contribution in [-0.4, -0.2) is 31.3 Å². The number of hydrogen-bond donors (Lipinski definition) is 2. The summed E-state index contributed by atoms with van der Waals surface area (Å²) in [5.41, 5.74) is 0.570. The van der Waals surface area contributed by atoms with Crippen LogP contribution < -0.4 is 20.1 Å². The fraction of sp³-hybridized carbons (Fsp3) is 0.167. The average molecular weight is 489 g/mol. The Balaban J connectivity index is 1.71. The number of carbonyl (C=O) groups excluding carboxylic acids is 2. The number of thioether (sulfide) groups is 1. The normalized spacial score (nSPS) is 11.4. The van der Waals surface area contributed by atoms with Gasteiger partial charge in [0, 0.05) is 15.6 Å². The first kappa shape index (κ1) is 24.4. The Bertz CT molecular complexity index is 1160. The zero-order chi connectivity index (χ0) is 24.0. The van der Waals surface area contributed by atoms with Crippen molar-refractivity contribution in [2.24, 2.45) is 0 Å². The van der Waals surface area contributed by atoms with E-state index < -0.39 is 11.7 Å². The number of rotatable bonds is 8. The third-order valence-corrected chi connectivity index (χ3v) is 5.98. The first-order chi connectivity index (χ1) is 15.8. The lowest BCUT2D eigenvalue weighted by Gasteiger charge is -2.15. The van der Waals surface area contributed by atoms with Crippen molar-refractivity contribution in [3.63, 3.8) is 0 Å². The lowest BCUT2D eigenvalue weighted by atomic mass is 10.2. The molecule has 0 bridgehead atoms. The van der Waals surface area contributed by atoms with Gasteiger partial charge in [-0.15, -0.1) is 11.8 Å². The summed E-state index contributed by atoms with van der Waals surface area (Å²) in [6, 6.07) is 16.0. The topological polar surface area (TPSA) is 76.7 Å². The van der Waals surface area contributed by atoms with E-state index in [1.807, 2.05) is 24.3 Å². The molecule has 0 saturated heterocycles. The minimum atomic E-state index is -0.743. The Kier molecular flexibility index (Phi) is 8.19. The highest BCUT2D eigenvalue weighted by molar-refractivity contribution is 8.00. The van der Waals surface area contributed by atoms with Crippen LogP contribution in [0.15, 0.2) is 65.6 Å². The van der Waals surface area contributed by atoms with Crippen LogP contribution in [0.25, 0.3) is 0 Å². The van der Waals surface area contributed by atoms with E-state index in [4.69, 9.17) is 21.1 Å². The lowest BCUT2D eigenvalue weighted by Crippen LogP contribution is -2.22. The summed E-state index contributed by atoms with van der Waals surface area (Å²) in [6.45, 7) is 1.79. The minimum Gasteiger partial charge on any atom is -0.497 e. The number of halogens is 2. The van der Waals surface area contributed by atoms with Crippen molar-refractivity contribution in [2.75, 3.05) is 24.9 Å². The van der Waals surface area contributed by atoms with E-state index in [1.54, 1.807) is 32.2 Å². The van der Waals surface area contributed by atoms with Crippen molar-refractivity contribution >= 4 is 46.6 Å². The molecule has 6 nitrogen and oxygen atoms in total. The van der Waals surface area contributed by atoms with Gasteiger partial charge in [-0.3, -0.25) is 9.59 Å². The molecule has 0 radical (unpaired) electrons. The second-order valence-electron chi connectivity index (χ2n) is 6.92. The van der Waals surface area contributed by atoms with Crippen molar-refractivity contribution < 1.29 is 23.5 Å². The molecule has 0 aliphatic heterocycles. The van der Waals surface area contributed by atoms with Crippen molar-refractivity contribution in [3.05, 3.63) is 77.1 Å². The predicted molar refractivity (Wildman–Crippen MR) is 129 cm³/mol. The molecule has 0 aromatic heterocycles. The number of hydrogen-bond acceptors (Lipinski definition) is 5. The molecule has 2 amide bonds. The summed E-state index contributed by atoms with van der Waals surface area (Å²) in [5.74, 6) is -0.539. The highest BCUT2D eigenvalue weighted by Gasteiger charge is 2.18. The molecule has 2 N–H and O–H groups in total. The molecule has 0 spiro atoms. The Morgan fingerprint density at radius 1 is 0.970 bits per heavy atom. The molecule has 0 saturated carbocycles. The van der Waals surface area contributed by atoms with Crippen LogP contribution in [0.1, 0.15) is 17.3 Å². The van der Waals surface area contributed by atoms with Crippen LogP contribution in [0.4, 0.5) is 15.8 Å². The molecular weight excluding hydrogens is 467 g/mol. The predicted octanol–water partition coefficient (Wildman–Crippen LogP) is 5.87. The van der Waals surface area contributed by atoms with Crippen LogP contribution in [0, 0.1) is 5.82 Å². The second-order valence-corrected chi connectivity index (χ2v) is 8.77. The zero-order valence-corrected chi connectivity index (χ0v) is 19.7. The lowest BCUT2D eigenvalue weighted by molar-refractivity contribution is -0.115. The molecule has 3 rings (SSSR count). The molecular formula is C24H22ClFN2O4S. The third-order valence-electron chi connectivity index (χ3n) is 4.63. The molecule has 3 aromatic rings. The summed E-state index contributed by atoms with van der Waals surface area (Å²) >= 11 is 7.15. The maximum Gasteiger partial charge on any atom is 0.258 e. The molecule has 9 heteroatoms. The maximum absolute atomic E-state index is 14.1. The van der Waals surface area contributed by atoms with Gasteiger partial charge in [0.15, 0.2) is 0 Å². The number of amides is 2. The summed E-state index contributed by atoms with van der Waals surface area (Å²) in [7, 11) is 3.04. The fourth-order valence-corrected chi connectivity index (χ4v) is 3.93. The highest BCUT2D eigenvalue weighted by atomic mass is 35.5. The van der Waals surface area contributed by atoms with Gasteiger partial charge >= 0.3 is 0 Å². The summed E-state index contributed by atoms with van der Waals surface area (Å²) in [6.07, 6.45) is 0. The SMILES string of the molecule is COc1ccc(SC(C)C(=O)Nc2ccc(OC)c(NC(=O)c3ccc(Cl)cc3F)c2)cc1. The van der Waals surface area contributed by atoms with Crippen molar-refractivity contribution in [3.8, 4) is 11.5 Å². The van der Waals surface area contributed by atoms with Crippen LogP contribution >= 0.6 is 23.4 Å². The number of nitrogens with one attached hydrogen (secondary N) is 2. The second kappa shape index (κ2) is 11.1. The van der Waals surface area contributed by atoms with Gasteiger partial charge in [0.25, 0.3) is 5.91 Å². The van der Waals surface area contributed by atoms with E-state index in [9.17, 15) is 14.0 Å². The molecule has 172 valence electrons. The maximum atomic E-state index is 14.1. The standard InChI is InChI=1S/C24H22ClFN2O4S/c1-14(33-18-8-6-17(31-2)7-9-18)23(29)27-16-5-11-22(32-3)21(13-16)28-24(30)19-10-4-15(25)12-20(19)26/h4-14H,1-3H3,(H,27,29)(H,28,30). The Morgan fingerprint density at radius 3 is 2.33 bits per heavy atom. The van der Waals surface area contributed by atoms with Gasteiger partial charge in [-0.05, 0) is 67.6 Å². The van der Waals surface area contributed by atoms with Gasteiger partial charge in [0.1, 0.15) is 17.3 Å². The van der Waals surface area contributed by atoms with E-state index in [-0.39, 0.29) is 27.4 Å². The van der Waals surface area contributed by atoms with Crippen molar-refractivity contribution in [1.29, 1.82) is 0 Å². The third kappa shape index (κ3) is 6.40. The van der Waals surface area contributed by atoms with Crippen LogP contribution in [0.2, 0.25) is 5.02 Å². The molecule has 0 aliphatic carbocycles. The van der Waals surface area contributed by atoms with E-state index in [1.165, 1.54) is 31.0 Å². The molecule has 1 unspecified atom stereocenters. The van der Waals surface area contributed by atoms with Gasteiger partial charge in [0.2, 0.25) is 5.91 Å². The summed E-state index contributed by atoms with van der Waals surface area (Å²) in [5, 5.41) is 5.24. The van der Waals surface area contributed by atoms with Gasteiger partial charge < -0.3 is 20.1 Å². The Labute approximate surface area is 200 Å². The van der Waals surface area contributed by atoms with Gasteiger partial charge in [-0.1, -0.05) is 11.6 Å². The quantitative estimate of drug-likeness (QED) is 0.388. The number of methoxy groups -OCH3 is 2. The first-order valence-electron chi connectivity index (χ1n) is 9.86. The number of anilines is 2. The molecule has 1 atom stereocenters. The Hall–Kier alpha value is -3.23. The van der Waals surface area contributed by atoms with E-state index in [2.05, 4.69) is 10.6 Å².